The second kappa shape index (κ2) is 13.4. The number of nitrogens with zero attached hydrogens (tertiary/aromatic N) is 4. The van der Waals surface area contributed by atoms with Gasteiger partial charge in [-0.2, -0.15) is 0 Å². The lowest BCUT2D eigenvalue weighted by atomic mass is 9.81. The summed E-state index contributed by atoms with van der Waals surface area (Å²) in [5.74, 6) is 1.94. The third kappa shape index (κ3) is 5.33. The molecule has 2 heterocycles. The lowest BCUT2D eigenvalue weighted by molar-refractivity contribution is 0.661. The fraction of sp³-hybridized carbons (Fsp3) is 0.100. The first-order valence-corrected chi connectivity index (χ1v) is 18.8. The van der Waals surface area contributed by atoms with Gasteiger partial charge in [-0.05, 0) is 58.1 Å². The quantitative estimate of drug-likeness (QED) is 0.180. The Balaban J connectivity index is 0.00000189. The Bertz CT molecular complexity index is 2740. The van der Waals surface area contributed by atoms with Gasteiger partial charge in [-0.3, -0.25) is 0 Å². The van der Waals surface area contributed by atoms with Crippen LogP contribution in [0.2, 0.25) is 0 Å². The molecule has 0 atom stereocenters. The van der Waals surface area contributed by atoms with Gasteiger partial charge in [0.25, 0.3) is 0 Å². The number of rotatable bonds is 5. The third-order valence-electron chi connectivity index (χ3n) is 10.6. The molecule has 4 heteroatoms. The monoisotopic (exact) mass is 696 g/mol. The normalized spacial score (nSPS) is 12.6. The van der Waals surface area contributed by atoms with Crippen LogP contribution >= 0.6 is 0 Å². The van der Waals surface area contributed by atoms with Gasteiger partial charge < -0.3 is 4.57 Å². The zero-order valence-corrected chi connectivity index (χ0v) is 31.0. The van der Waals surface area contributed by atoms with Gasteiger partial charge in [-0.25, -0.2) is 15.0 Å². The van der Waals surface area contributed by atoms with Crippen LogP contribution in [0.15, 0.2) is 170 Å². The Labute approximate surface area is 316 Å². The molecule has 0 spiro atoms. The topological polar surface area (TPSA) is 43.6 Å². The minimum absolute atomic E-state index is 0.175. The minimum atomic E-state index is -0.175. The molecule has 9 aromatic rings. The Morgan fingerprint density at radius 1 is 0.444 bits per heavy atom. The number of para-hydroxylation sites is 2. The van der Waals surface area contributed by atoms with Crippen molar-refractivity contribution in [2.24, 2.45) is 0 Å². The number of hydrogen-bond acceptors (Lipinski definition) is 3. The summed E-state index contributed by atoms with van der Waals surface area (Å²) in [5.41, 5.74) is 13.8. The van der Waals surface area contributed by atoms with Crippen molar-refractivity contribution in [1.82, 2.24) is 19.5 Å². The van der Waals surface area contributed by atoms with E-state index in [1.807, 2.05) is 74.5 Å². The van der Waals surface area contributed by atoms with Crippen LogP contribution in [0.3, 0.4) is 0 Å². The zero-order chi connectivity index (χ0) is 36.8. The number of hydrogen-bond donors (Lipinski definition) is 0. The van der Waals surface area contributed by atoms with E-state index in [2.05, 4.69) is 128 Å². The molecule has 2 aromatic heterocycles. The van der Waals surface area contributed by atoms with Crippen LogP contribution in [0.5, 0.6) is 0 Å². The lowest BCUT2D eigenvalue weighted by Crippen LogP contribution is -2.15. The highest BCUT2D eigenvalue weighted by atomic mass is 15.0. The second-order valence-corrected chi connectivity index (χ2v) is 14.0. The van der Waals surface area contributed by atoms with E-state index in [0.717, 1.165) is 27.9 Å². The van der Waals surface area contributed by atoms with Crippen molar-refractivity contribution in [2.45, 2.75) is 33.1 Å². The number of benzene rings is 7. The van der Waals surface area contributed by atoms with Crippen LogP contribution in [0.4, 0.5) is 0 Å². The van der Waals surface area contributed by atoms with Gasteiger partial charge in [0.05, 0.1) is 11.0 Å². The van der Waals surface area contributed by atoms with E-state index in [4.69, 9.17) is 15.0 Å². The minimum Gasteiger partial charge on any atom is -0.309 e. The summed E-state index contributed by atoms with van der Waals surface area (Å²) in [6, 6.07) is 60.0. The molecular weight excluding hydrogens is 657 g/mol. The summed E-state index contributed by atoms with van der Waals surface area (Å²) in [5, 5.41) is 2.54. The fourth-order valence-corrected chi connectivity index (χ4v) is 8.16. The van der Waals surface area contributed by atoms with E-state index < -0.39 is 0 Å². The summed E-state index contributed by atoms with van der Waals surface area (Å²) in [6.07, 6.45) is 0. The maximum Gasteiger partial charge on any atom is 0.164 e. The summed E-state index contributed by atoms with van der Waals surface area (Å²) in [7, 11) is 0. The summed E-state index contributed by atoms with van der Waals surface area (Å²) < 4.78 is 2.45. The molecule has 0 unspecified atom stereocenters. The molecule has 0 N–H and O–H groups in total. The maximum absolute atomic E-state index is 5.08. The summed E-state index contributed by atoms with van der Waals surface area (Å²) in [4.78, 5) is 15.1. The predicted molar refractivity (Wildman–Crippen MR) is 225 cm³/mol. The van der Waals surface area contributed by atoms with Gasteiger partial charge in [0, 0.05) is 44.1 Å². The molecule has 4 nitrogen and oxygen atoms in total. The molecule has 1 aliphatic rings. The van der Waals surface area contributed by atoms with Crippen LogP contribution in [0.25, 0.3) is 83.9 Å². The van der Waals surface area contributed by atoms with Gasteiger partial charge in [-0.15, -0.1) is 0 Å². The molecule has 260 valence electrons. The molecule has 10 rings (SSSR count). The predicted octanol–water partition coefficient (Wildman–Crippen LogP) is 13.0. The number of aromatic nitrogens is 4. The van der Waals surface area contributed by atoms with E-state index >= 15 is 0 Å². The SMILES string of the molecule is CC.CC1(C)c2ccccc2-c2c1cc(-c1cccc(-c3nc(-c4ccccc4)nc(-c4ccccc4)n3)c1)c1c2c2ccccc2n1-c1ccccc1. The fourth-order valence-electron chi connectivity index (χ4n) is 8.16. The van der Waals surface area contributed by atoms with Crippen molar-refractivity contribution < 1.29 is 0 Å². The van der Waals surface area contributed by atoms with Gasteiger partial charge in [0.1, 0.15) is 0 Å². The largest absolute Gasteiger partial charge is 0.309 e. The van der Waals surface area contributed by atoms with Gasteiger partial charge >= 0.3 is 0 Å². The van der Waals surface area contributed by atoms with Crippen LogP contribution < -0.4 is 0 Å². The number of fused-ring (bicyclic) bond motifs is 7. The molecule has 54 heavy (non-hydrogen) atoms. The molecule has 7 aromatic carbocycles. The third-order valence-corrected chi connectivity index (χ3v) is 10.6. The Morgan fingerprint density at radius 2 is 0.963 bits per heavy atom. The maximum atomic E-state index is 5.08. The van der Waals surface area contributed by atoms with Crippen molar-refractivity contribution in [3.63, 3.8) is 0 Å². The standard InChI is InChI=1S/C48H34N4.C2H6/c1-48(2)39-27-14-12-25-36(39)42-40(48)30-38(44-43(42)37-26-13-15-28-41(37)52(44)35-23-10-5-11-24-35)33-21-16-22-34(29-33)47-50-45(31-17-6-3-7-18-31)49-46(51-47)32-19-8-4-9-20-32;1-2/h3-30H,1-2H3;1-2H3. The first kappa shape index (κ1) is 33.2. The Kier molecular flexibility index (Phi) is 8.24. The van der Waals surface area contributed by atoms with E-state index in [1.165, 1.54) is 49.6 Å². The van der Waals surface area contributed by atoms with Crippen LogP contribution in [0.1, 0.15) is 38.8 Å². The highest BCUT2D eigenvalue weighted by Crippen LogP contribution is 2.55. The van der Waals surface area contributed by atoms with E-state index in [0.29, 0.717) is 17.5 Å². The molecule has 0 saturated heterocycles. The van der Waals surface area contributed by atoms with E-state index in [9.17, 15) is 0 Å². The van der Waals surface area contributed by atoms with Crippen LogP contribution in [-0.4, -0.2) is 19.5 Å². The smallest absolute Gasteiger partial charge is 0.164 e. The van der Waals surface area contributed by atoms with Gasteiger partial charge in [0.15, 0.2) is 17.5 Å². The highest BCUT2D eigenvalue weighted by molar-refractivity contribution is 6.21. The molecule has 0 amide bonds. The zero-order valence-electron chi connectivity index (χ0n) is 31.0. The average molecular weight is 697 g/mol. The van der Waals surface area contributed by atoms with Gasteiger partial charge in [-0.1, -0.05) is 167 Å². The van der Waals surface area contributed by atoms with Gasteiger partial charge in [0.2, 0.25) is 0 Å². The molecule has 0 radical (unpaired) electrons. The van der Waals surface area contributed by atoms with Crippen molar-refractivity contribution in [3.05, 3.63) is 181 Å². The van der Waals surface area contributed by atoms with E-state index in [-0.39, 0.29) is 5.41 Å². The Hall–Kier alpha value is -6.65. The molecule has 0 bridgehead atoms. The molecule has 1 aliphatic carbocycles. The van der Waals surface area contributed by atoms with Crippen molar-refractivity contribution >= 4 is 21.8 Å². The van der Waals surface area contributed by atoms with E-state index in [1.54, 1.807) is 0 Å². The first-order chi connectivity index (χ1) is 26.6. The van der Waals surface area contributed by atoms with Crippen molar-refractivity contribution in [3.8, 4) is 62.1 Å². The van der Waals surface area contributed by atoms with Crippen molar-refractivity contribution in [1.29, 1.82) is 0 Å². The Morgan fingerprint density at radius 3 is 1.63 bits per heavy atom. The molecule has 0 fully saturated rings. The van der Waals surface area contributed by atoms with Crippen molar-refractivity contribution in [2.75, 3.05) is 0 Å². The summed E-state index contributed by atoms with van der Waals surface area (Å²) >= 11 is 0. The average Bonchev–Trinajstić information content (AvgIpc) is 3.71. The molecule has 0 aliphatic heterocycles. The van der Waals surface area contributed by atoms with Crippen LogP contribution in [0, 0.1) is 0 Å². The molecule has 0 saturated carbocycles. The highest BCUT2D eigenvalue weighted by Gasteiger charge is 2.38. The second-order valence-electron chi connectivity index (χ2n) is 14.0. The van der Waals surface area contributed by atoms with Crippen LogP contribution in [-0.2, 0) is 5.41 Å². The lowest BCUT2D eigenvalue weighted by Gasteiger charge is -2.23. The summed E-state index contributed by atoms with van der Waals surface area (Å²) in [6.45, 7) is 8.72. The first-order valence-electron chi connectivity index (χ1n) is 18.8. The molecular formula is C50H40N4.